The highest BCUT2D eigenvalue weighted by Gasteiger charge is 2.20. The number of hydrogen-bond donors (Lipinski definition) is 0. The zero-order valence-electron chi connectivity index (χ0n) is 14.8. The molecule has 1 aromatic heterocycles. The molecule has 0 spiro atoms. The van der Waals surface area contributed by atoms with Crippen LogP contribution in [0.15, 0.2) is 41.2 Å². The second-order valence-electron chi connectivity index (χ2n) is 5.30. The van der Waals surface area contributed by atoms with Crippen molar-refractivity contribution in [1.82, 2.24) is 0 Å². The molecule has 0 aliphatic carbocycles. The molecular formula is C19H18O5S2. The Bertz CT molecular complexity index is 932. The van der Waals surface area contributed by atoms with Crippen LogP contribution in [0.4, 0.5) is 0 Å². The van der Waals surface area contributed by atoms with Gasteiger partial charge in [0, 0.05) is 0 Å². The highest BCUT2D eigenvalue weighted by atomic mass is 32.9. The molecule has 0 saturated carbocycles. The van der Waals surface area contributed by atoms with Crippen molar-refractivity contribution in [1.29, 1.82) is 0 Å². The lowest BCUT2D eigenvalue weighted by molar-refractivity contribution is 0.324. The Morgan fingerprint density at radius 3 is 1.85 bits per heavy atom. The van der Waals surface area contributed by atoms with Crippen molar-refractivity contribution in [3.8, 4) is 44.6 Å². The molecule has 0 atom stereocenters. The summed E-state index contributed by atoms with van der Waals surface area (Å²) in [6.45, 7) is 0. The van der Waals surface area contributed by atoms with Gasteiger partial charge in [0.2, 0.25) is 5.75 Å². The van der Waals surface area contributed by atoms with Gasteiger partial charge in [-0.05, 0) is 57.9 Å². The van der Waals surface area contributed by atoms with Crippen LogP contribution in [0.25, 0.3) is 21.6 Å². The predicted octanol–water partition coefficient (Wildman–Crippen LogP) is 4.54. The first kappa shape index (κ1) is 18.3. The monoisotopic (exact) mass is 390 g/mol. The van der Waals surface area contributed by atoms with E-state index in [4.69, 9.17) is 18.9 Å². The molecule has 3 rings (SSSR count). The van der Waals surface area contributed by atoms with E-state index in [1.54, 1.807) is 40.6 Å². The van der Waals surface area contributed by atoms with E-state index in [0.717, 1.165) is 21.8 Å². The van der Waals surface area contributed by atoms with Crippen molar-refractivity contribution in [2.75, 3.05) is 28.4 Å². The molecule has 0 N–H and O–H groups in total. The summed E-state index contributed by atoms with van der Waals surface area (Å²) in [6.07, 6.45) is 0. The standard InChI is InChI=1S/C19H18O5S2/c1-21-13-7-5-11(6-8-13)18-16(19(20)26-25-18)12-9-14(22-2)17(24-4)15(10-12)23-3/h5-10H,1-4H3. The number of hydrogen-bond acceptors (Lipinski definition) is 7. The smallest absolute Gasteiger partial charge is 0.251 e. The minimum Gasteiger partial charge on any atom is -0.497 e. The van der Waals surface area contributed by atoms with Gasteiger partial charge in [-0.2, -0.15) is 0 Å². The van der Waals surface area contributed by atoms with Gasteiger partial charge in [0.1, 0.15) is 5.75 Å². The fourth-order valence-electron chi connectivity index (χ4n) is 2.66. The molecule has 5 nitrogen and oxygen atoms in total. The average Bonchev–Trinajstić information content (AvgIpc) is 3.08. The van der Waals surface area contributed by atoms with Gasteiger partial charge in [-0.1, -0.05) is 10.3 Å². The molecule has 136 valence electrons. The van der Waals surface area contributed by atoms with Crippen LogP contribution in [0, 0.1) is 0 Å². The number of methoxy groups -OCH3 is 4. The van der Waals surface area contributed by atoms with E-state index in [0.29, 0.717) is 22.8 Å². The van der Waals surface area contributed by atoms with Crippen LogP contribution >= 0.6 is 20.7 Å². The first-order chi connectivity index (χ1) is 12.6. The molecule has 0 aliphatic rings. The third-order valence-electron chi connectivity index (χ3n) is 3.94. The molecule has 0 amide bonds. The molecule has 0 aliphatic heterocycles. The van der Waals surface area contributed by atoms with Gasteiger partial charge in [0.15, 0.2) is 11.5 Å². The maximum atomic E-state index is 12.6. The van der Waals surface area contributed by atoms with Gasteiger partial charge in [-0.3, -0.25) is 4.79 Å². The quantitative estimate of drug-likeness (QED) is 0.579. The average molecular weight is 390 g/mol. The summed E-state index contributed by atoms with van der Waals surface area (Å²) in [6, 6.07) is 11.2. The lowest BCUT2D eigenvalue weighted by Crippen LogP contribution is -1.99. The molecule has 0 bridgehead atoms. The van der Waals surface area contributed by atoms with Gasteiger partial charge in [-0.25, -0.2) is 0 Å². The molecule has 1 heterocycles. The molecule has 0 fully saturated rings. The third-order valence-corrected chi connectivity index (χ3v) is 6.19. The van der Waals surface area contributed by atoms with Crippen molar-refractivity contribution in [3.63, 3.8) is 0 Å². The van der Waals surface area contributed by atoms with Crippen LogP contribution in [0.5, 0.6) is 23.0 Å². The van der Waals surface area contributed by atoms with Gasteiger partial charge in [-0.15, -0.1) is 0 Å². The summed E-state index contributed by atoms with van der Waals surface area (Å²) in [7, 11) is 8.94. The molecule has 26 heavy (non-hydrogen) atoms. The van der Waals surface area contributed by atoms with Crippen LogP contribution in [0.3, 0.4) is 0 Å². The molecule has 7 heteroatoms. The van der Waals surface area contributed by atoms with Gasteiger partial charge >= 0.3 is 0 Å². The highest BCUT2D eigenvalue weighted by Crippen LogP contribution is 2.44. The SMILES string of the molecule is COc1ccc(-c2ssc(=O)c2-c2cc(OC)c(OC)c(OC)c2)cc1. The van der Waals surface area contributed by atoms with Crippen LogP contribution in [-0.2, 0) is 0 Å². The Kier molecular flexibility index (Phi) is 5.49. The van der Waals surface area contributed by atoms with Gasteiger partial charge < -0.3 is 18.9 Å². The van der Waals surface area contributed by atoms with Crippen molar-refractivity contribution in [3.05, 3.63) is 45.9 Å². The van der Waals surface area contributed by atoms with E-state index in [9.17, 15) is 4.79 Å². The zero-order chi connectivity index (χ0) is 18.7. The first-order valence-corrected chi connectivity index (χ1v) is 9.85. The molecule has 2 aromatic carbocycles. The second-order valence-corrected chi connectivity index (χ2v) is 7.41. The van der Waals surface area contributed by atoms with Gasteiger partial charge in [0.25, 0.3) is 4.74 Å². The van der Waals surface area contributed by atoms with Crippen molar-refractivity contribution in [2.45, 2.75) is 0 Å². The molecule has 3 aromatic rings. The predicted molar refractivity (Wildman–Crippen MR) is 106 cm³/mol. The fraction of sp³-hybridized carbons (Fsp3) is 0.211. The van der Waals surface area contributed by atoms with Crippen molar-refractivity contribution >= 4 is 20.7 Å². The molecule has 0 unspecified atom stereocenters. The minimum absolute atomic E-state index is 0.00455. The molecule has 0 radical (unpaired) electrons. The normalized spacial score (nSPS) is 10.5. The topological polar surface area (TPSA) is 54.0 Å². The van der Waals surface area contributed by atoms with Crippen molar-refractivity contribution < 1.29 is 18.9 Å². The zero-order valence-corrected chi connectivity index (χ0v) is 16.5. The van der Waals surface area contributed by atoms with Crippen LogP contribution < -0.4 is 23.7 Å². The largest absolute Gasteiger partial charge is 0.497 e. The lowest BCUT2D eigenvalue weighted by Gasteiger charge is -2.14. The third kappa shape index (κ3) is 3.27. The summed E-state index contributed by atoms with van der Waals surface area (Å²) in [5, 5.41) is 0. The number of ether oxygens (including phenoxy) is 4. The summed E-state index contributed by atoms with van der Waals surface area (Å²) in [4.78, 5) is 13.5. The molecule has 0 saturated heterocycles. The first-order valence-electron chi connectivity index (χ1n) is 7.70. The van der Waals surface area contributed by atoms with E-state index >= 15 is 0 Å². The van der Waals surface area contributed by atoms with Crippen LogP contribution in [0.1, 0.15) is 0 Å². The van der Waals surface area contributed by atoms with Crippen molar-refractivity contribution in [2.24, 2.45) is 0 Å². The van der Waals surface area contributed by atoms with Crippen LogP contribution in [0.2, 0.25) is 0 Å². The highest BCUT2D eigenvalue weighted by molar-refractivity contribution is 7.70. The van der Waals surface area contributed by atoms with E-state index in [2.05, 4.69) is 0 Å². The number of benzene rings is 2. The van der Waals surface area contributed by atoms with E-state index in [1.807, 2.05) is 24.3 Å². The molecular weight excluding hydrogens is 372 g/mol. The maximum Gasteiger partial charge on any atom is 0.251 e. The Balaban J connectivity index is 2.18. The lowest BCUT2D eigenvalue weighted by atomic mass is 10.0. The van der Waals surface area contributed by atoms with Gasteiger partial charge in [0.05, 0.1) is 38.9 Å². The van der Waals surface area contributed by atoms with E-state index < -0.39 is 0 Å². The second kappa shape index (κ2) is 7.80. The summed E-state index contributed by atoms with van der Waals surface area (Å²) in [5.74, 6) is 2.29. The summed E-state index contributed by atoms with van der Waals surface area (Å²) < 4.78 is 21.4. The minimum atomic E-state index is -0.00455. The summed E-state index contributed by atoms with van der Waals surface area (Å²) >= 11 is 0. The Hall–Kier alpha value is -2.51. The fourth-order valence-corrected chi connectivity index (χ4v) is 4.98. The van der Waals surface area contributed by atoms with E-state index in [1.165, 1.54) is 20.7 Å². The maximum absolute atomic E-state index is 12.6. The summed E-state index contributed by atoms with van der Waals surface area (Å²) in [5.41, 5.74) is 2.31. The van der Waals surface area contributed by atoms with E-state index in [-0.39, 0.29) is 4.74 Å². The van der Waals surface area contributed by atoms with Crippen LogP contribution in [-0.4, -0.2) is 28.4 Å². The Morgan fingerprint density at radius 1 is 0.731 bits per heavy atom. The Morgan fingerprint density at radius 2 is 1.35 bits per heavy atom. The number of rotatable bonds is 6. The Labute approximate surface area is 158 Å².